The van der Waals surface area contributed by atoms with Crippen LogP contribution < -0.4 is 9.62 Å². The molecule has 2 heterocycles. The number of rotatable bonds is 7. The largest absolute Gasteiger partial charge is 0.394 e. The number of nitrogens with one attached hydrogen (secondary N) is 1. The quantitative estimate of drug-likeness (QED) is 0.683. The molecule has 0 radical (unpaired) electrons. The van der Waals surface area contributed by atoms with Crippen LogP contribution in [0.4, 0.5) is 5.69 Å². The Labute approximate surface area is 165 Å². The number of benzene rings is 1. The van der Waals surface area contributed by atoms with E-state index < -0.39 is 15.6 Å². The van der Waals surface area contributed by atoms with E-state index in [1.54, 1.807) is 18.2 Å². The van der Waals surface area contributed by atoms with Crippen molar-refractivity contribution in [2.75, 3.05) is 43.5 Å². The van der Waals surface area contributed by atoms with Gasteiger partial charge in [-0.15, -0.1) is 0 Å². The fourth-order valence-corrected chi connectivity index (χ4v) is 5.23. The summed E-state index contributed by atoms with van der Waals surface area (Å²) in [4.78, 5) is 12.7. The highest BCUT2D eigenvalue weighted by atomic mass is 32.2. The lowest BCUT2D eigenvalue weighted by Gasteiger charge is -2.37. The van der Waals surface area contributed by atoms with Crippen molar-refractivity contribution in [1.29, 1.82) is 0 Å². The first kappa shape index (κ1) is 21.0. The second-order valence-electron chi connectivity index (χ2n) is 7.51. The summed E-state index contributed by atoms with van der Waals surface area (Å²) in [5.41, 5.74) is 1.45. The summed E-state index contributed by atoms with van der Waals surface area (Å²) in [5, 5.41) is 12.0. The highest BCUT2D eigenvalue weighted by molar-refractivity contribution is 7.92. The minimum Gasteiger partial charge on any atom is -0.394 e. The van der Waals surface area contributed by atoms with Crippen molar-refractivity contribution in [1.82, 2.24) is 5.32 Å². The molecular weight excluding hydrogens is 384 g/mol. The number of hydrogen-bond donors (Lipinski definition) is 2. The summed E-state index contributed by atoms with van der Waals surface area (Å²) in [6, 6.07) is 4.94. The third-order valence-electron chi connectivity index (χ3n) is 5.33. The van der Waals surface area contributed by atoms with Crippen LogP contribution in [0.1, 0.15) is 35.7 Å². The van der Waals surface area contributed by atoms with Gasteiger partial charge in [0.2, 0.25) is 10.0 Å². The molecule has 2 aliphatic heterocycles. The van der Waals surface area contributed by atoms with Gasteiger partial charge in [0, 0.05) is 44.2 Å². The molecule has 2 aliphatic rings. The van der Waals surface area contributed by atoms with Gasteiger partial charge in [-0.1, -0.05) is 0 Å². The first-order valence-electron chi connectivity index (χ1n) is 9.49. The van der Waals surface area contributed by atoms with Crippen LogP contribution in [0.3, 0.4) is 0 Å². The Morgan fingerprint density at radius 1 is 1.39 bits per heavy atom. The molecule has 1 amide bonds. The lowest BCUT2D eigenvalue weighted by atomic mass is 9.93. The number of fused-ring (bicyclic) bond motifs is 1. The molecule has 1 saturated heterocycles. The number of aliphatic hydroxyl groups is 1. The molecule has 1 fully saturated rings. The van der Waals surface area contributed by atoms with Gasteiger partial charge in [-0.3, -0.25) is 9.10 Å². The molecular formula is C19H28N2O6S. The number of nitrogens with zero attached hydrogens (tertiary/aromatic N) is 1. The minimum atomic E-state index is -3.36. The standard InChI is InChI=1S/C19H28N2O6S/c1-14-11-16-12-15(3-4-17(16)21(14)28(2,24)25)18(23)20-13-19(27-10-7-22)5-8-26-9-6-19/h3-4,12,14,22H,5-11,13H2,1-2H3,(H,20,23)/t14-/m0/s1. The van der Waals surface area contributed by atoms with E-state index in [4.69, 9.17) is 14.6 Å². The summed E-state index contributed by atoms with van der Waals surface area (Å²) in [5.74, 6) is -0.230. The fourth-order valence-electron chi connectivity index (χ4n) is 3.97. The van der Waals surface area contributed by atoms with Crippen molar-refractivity contribution in [3.8, 4) is 0 Å². The van der Waals surface area contributed by atoms with Gasteiger partial charge in [-0.25, -0.2) is 8.42 Å². The number of carbonyl (C=O) groups excluding carboxylic acids is 1. The van der Waals surface area contributed by atoms with Gasteiger partial charge in [0.15, 0.2) is 0 Å². The average Bonchev–Trinajstić information content (AvgIpc) is 3.00. The van der Waals surface area contributed by atoms with E-state index in [1.807, 2.05) is 6.92 Å². The van der Waals surface area contributed by atoms with Crippen LogP contribution in [0.5, 0.6) is 0 Å². The van der Waals surface area contributed by atoms with E-state index in [2.05, 4.69) is 5.32 Å². The van der Waals surface area contributed by atoms with Gasteiger partial charge < -0.3 is 19.9 Å². The normalized spacial score (nSPS) is 21.4. The van der Waals surface area contributed by atoms with E-state index in [1.165, 1.54) is 10.6 Å². The molecule has 1 atom stereocenters. The predicted octanol–water partition coefficient (Wildman–Crippen LogP) is 0.685. The zero-order valence-electron chi connectivity index (χ0n) is 16.3. The van der Waals surface area contributed by atoms with Crippen molar-refractivity contribution in [3.05, 3.63) is 29.3 Å². The molecule has 2 N–H and O–H groups in total. The maximum atomic E-state index is 12.7. The Bertz CT molecular complexity index is 820. The van der Waals surface area contributed by atoms with Gasteiger partial charge in [0.05, 0.1) is 30.8 Å². The molecule has 156 valence electrons. The van der Waals surface area contributed by atoms with Gasteiger partial charge >= 0.3 is 0 Å². The zero-order valence-corrected chi connectivity index (χ0v) is 17.1. The second kappa shape index (κ2) is 8.36. The number of sulfonamides is 1. The summed E-state index contributed by atoms with van der Waals surface area (Å²) in [6.07, 6.45) is 3.07. The number of ether oxygens (including phenoxy) is 2. The van der Waals surface area contributed by atoms with Crippen molar-refractivity contribution >= 4 is 21.6 Å². The lowest BCUT2D eigenvalue weighted by molar-refractivity contribution is -0.114. The Hall–Kier alpha value is -1.68. The molecule has 28 heavy (non-hydrogen) atoms. The van der Waals surface area contributed by atoms with Gasteiger partial charge in [-0.05, 0) is 37.1 Å². The molecule has 3 rings (SSSR count). The number of amides is 1. The maximum Gasteiger partial charge on any atom is 0.251 e. The summed E-state index contributed by atoms with van der Waals surface area (Å²) < 4.78 is 36.7. The third-order valence-corrected chi connectivity index (χ3v) is 6.60. The minimum absolute atomic E-state index is 0.0730. The van der Waals surface area contributed by atoms with Crippen LogP contribution in [-0.2, 0) is 25.9 Å². The topological polar surface area (TPSA) is 105 Å². The van der Waals surface area contributed by atoms with Gasteiger partial charge in [-0.2, -0.15) is 0 Å². The Balaban J connectivity index is 1.71. The average molecular weight is 413 g/mol. The summed E-state index contributed by atoms with van der Waals surface area (Å²) in [6.45, 7) is 3.44. The van der Waals surface area contributed by atoms with E-state index in [0.29, 0.717) is 50.3 Å². The number of aliphatic hydroxyl groups excluding tert-OH is 1. The Kier molecular flexibility index (Phi) is 6.28. The molecule has 9 heteroatoms. The van der Waals surface area contributed by atoms with Crippen LogP contribution in [0.15, 0.2) is 18.2 Å². The third kappa shape index (κ3) is 4.48. The highest BCUT2D eigenvalue weighted by Gasteiger charge is 2.35. The van der Waals surface area contributed by atoms with Crippen LogP contribution in [0, 0.1) is 0 Å². The van der Waals surface area contributed by atoms with E-state index in [-0.39, 0.29) is 25.2 Å². The molecule has 1 aromatic carbocycles. The molecule has 0 unspecified atom stereocenters. The second-order valence-corrected chi connectivity index (χ2v) is 9.37. The van der Waals surface area contributed by atoms with Gasteiger partial charge in [0.1, 0.15) is 0 Å². The number of anilines is 1. The molecule has 0 bridgehead atoms. The van der Waals surface area contributed by atoms with Crippen LogP contribution in [0.2, 0.25) is 0 Å². The molecule has 1 aromatic rings. The maximum absolute atomic E-state index is 12.7. The van der Waals surface area contributed by atoms with Gasteiger partial charge in [0.25, 0.3) is 5.91 Å². The van der Waals surface area contributed by atoms with Crippen molar-refractivity contribution in [2.24, 2.45) is 0 Å². The van der Waals surface area contributed by atoms with Crippen LogP contribution in [0.25, 0.3) is 0 Å². The monoisotopic (exact) mass is 412 g/mol. The Morgan fingerprint density at radius 3 is 2.75 bits per heavy atom. The number of hydrogen-bond acceptors (Lipinski definition) is 6. The summed E-state index contributed by atoms with van der Waals surface area (Å²) >= 11 is 0. The molecule has 0 aliphatic carbocycles. The van der Waals surface area contributed by atoms with E-state index in [9.17, 15) is 13.2 Å². The van der Waals surface area contributed by atoms with Crippen molar-refractivity contribution in [2.45, 2.75) is 37.8 Å². The van der Waals surface area contributed by atoms with E-state index >= 15 is 0 Å². The predicted molar refractivity (Wildman–Crippen MR) is 105 cm³/mol. The van der Waals surface area contributed by atoms with E-state index in [0.717, 1.165) is 5.56 Å². The van der Waals surface area contributed by atoms with Crippen LogP contribution in [-0.4, -0.2) is 70.3 Å². The fraction of sp³-hybridized carbons (Fsp3) is 0.632. The molecule has 0 aromatic heterocycles. The first-order chi connectivity index (χ1) is 13.3. The Morgan fingerprint density at radius 2 is 2.11 bits per heavy atom. The summed E-state index contributed by atoms with van der Waals surface area (Å²) in [7, 11) is -3.36. The van der Waals surface area contributed by atoms with Crippen molar-refractivity contribution < 1.29 is 27.8 Å². The SMILES string of the molecule is C[C@H]1Cc2cc(C(=O)NCC3(OCCO)CCOCC3)ccc2N1S(C)(=O)=O. The number of carbonyl (C=O) groups is 1. The molecule has 0 spiro atoms. The highest BCUT2D eigenvalue weighted by Crippen LogP contribution is 2.34. The van der Waals surface area contributed by atoms with Crippen molar-refractivity contribution in [3.63, 3.8) is 0 Å². The molecule has 0 saturated carbocycles. The lowest BCUT2D eigenvalue weighted by Crippen LogP contribution is -2.49. The molecule has 8 nitrogen and oxygen atoms in total. The van der Waals surface area contributed by atoms with Crippen LogP contribution >= 0.6 is 0 Å². The first-order valence-corrected chi connectivity index (χ1v) is 11.3. The smallest absolute Gasteiger partial charge is 0.251 e. The zero-order chi connectivity index (χ0) is 20.4.